The molecule has 0 bridgehead atoms. The third kappa shape index (κ3) is 4.63. The molecule has 3 rings (SSSR count). The zero-order valence-electron chi connectivity index (χ0n) is 14.4. The molecular weight excluding hydrogens is 302 g/mol. The molecule has 2 N–H and O–H groups in total. The first-order chi connectivity index (χ1) is 11.7. The number of rotatable bonds is 4. The summed E-state index contributed by atoms with van der Waals surface area (Å²) in [7, 11) is 0. The molecule has 2 aliphatic heterocycles. The predicted molar refractivity (Wildman–Crippen MR) is 95.2 cm³/mol. The molecule has 2 saturated heterocycles. The van der Waals surface area contributed by atoms with Crippen LogP contribution in [0.4, 0.5) is 4.79 Å². The van der Waals surface area contributed by atoms with Crippen molar-refractivity contribution in [2.45, 2.75) is 44.6 Å². The fourth-order valence-electron chi connectivity index (χ4n) is 3.80. The fourth-order valence-corrected chi connectivity index (χ4v) is 3.80. The second kappa shape index (κ2) is 8.38. The number of hydrogen-bond donors (Lipinski definition) is 2. The van der Waals surface area contributed by atoms with Crippen LogP contribution >= 0.6 is 0 Å². The van der Waals surface area contributed by atoms with E-state index in [1.165, 1.54) is 38.8 Å². The fraction of sp³-hybridized carbons (Fsp3) is 0.632. The van der Waals surface area contributed by atoms with Crippen LogP contribution in [0.15, 0.2) is 24.3 Å². The first-order valence-corrected chi connectivity index (χ1v) is 9.27. The predicted octanol–water partition coefficient (Wildman–Crippen LogP) is 2.59. The van der Waals surface area contributed by atoms with Crippen LogP contribution in [0.3, 0.4) is 0 Å². The van der Waals surface area contributed by atoms with Crippen molar-refractivity contribution in [1.29, 1.82) is 0 Å². The van der Waals surface area contributed by atoms with Gasteiger partial charge in [0.05, 0.1) is 0 Å². The van der Waals surface area contributed by atoms with E-state index in [0.29, 0.717) is 12.6 Å². The molecule has 0 saturated carbocycles. The zero-order chi connectivity index (χ0) is 16.8. The summed E-state index contributed by atoms with van der Waals surface area (Å²) in [5.41, 5.74) is 1.12. The number of nitrogens with zero attached hydrogens (tertiary/aromatic N) is 2. The van der Waals surface area contributed by atoms with Crippen molar-refractivity contribution in [2.75, 3.05) is 32.7 Å². The number of carbonyl (C=O) groups is 1. The summed E-state index contributed by atoms with van der Waals surface area (Å²) in [4.78, 5) is 17.1. The molecule has 0 aliphatic carbocycles. The molecular formula is C19H29N3O2. The zero-order valence-corrected chi connectivity index (χ0v) is 14.4. The van der Waals surface area contributed by atoms with Gasteiger partial charge < -0.3 is 15.3 Å². The average molecular weight is 331 g/mol. The lowest BCUT2D eigenvalue weighted by Gasteiger charge is -2.30. The highest BCUT2D eigenvalue weighted by Crippen LogP contribution is 2.20. The topological polar surface area (TPSA) is 55.8 Å². The van der Waals surface area contributed by atoms with Gasteiger partial charge in [0.25, 0.3) is 0 Å². The van der Waals surface area contributed by atoms with E-state index in [-0.39, 0.29) is 11.8 Å². The van der Waals surface area contributed by atoms with E-state index < -0.39 is 0 Å². The monoisotopic (exact) mass is 331 g/mol. The summed E-state index contributed by atoms with van der Waals surface area (Å²) >= 11 is 0. The largest absolute Gasteiger partial charge is 0.508 e. The molecule has 0 radical (unpaired) electrons. The van der Waals surface area contributed by atoms with E-state index in [0.717, 1.165) is 31.5 Å². The highest BCUT2D eigenvalue weighted by molar-refractivity contribution is 5.74. The van der Waals surface area contributed by atoms with Crippen LogP contribution in [-0.4, -0.2) is 59.7 Å². The Morgan fingerprint density at radius 1 is 1.08 bits per heavy atom. The van der Waals surface area contributed by atoms with E-state index in [1.807, 2.05) is 17.0 Å². The smallest absolute Gasteiger partial charge is 0.317 e. The Morgan fingerprint density at radius 3 is 2.54 bits per heavy atom. The van der Waals surface area contributed by atoms with Gasteiger partial charge in [-0.05, 0) is 62.9 Å². The molecule has 2 fully saturated rings. The molecule has 1 aromatic rings. The summed E-state index contributed by atoms with van der Waals surface area (Å²) in [6.07, 6.45) is 6.94. The number of nitrogens with one attached hydrogen (secondary N) is 1. The normalized spacial score (nSPS) is 22.3. The second-order valence-electron chi connectivity index (χ2n) is 6.99. The molecule has 0 aromatic heterocycles. The SMILES string of the molecule is O=C(NCCc1ccc(O)cc1)N1CCCC[C@@H](N2CCCC2)C1. The van der Waals surface area contributed by atoms with Crippen molar-refractivity contribution in [3.8, 4) is 5.75 Å². The Labute approximate surface area is 144 Å². The van der Waals surface area contributed by atoms with E-state index in [4.69, 9.17) is 0 Å². The van der Waals surface area contributed by atoms with Crippen LogP contribution in [-0.2, 0) is 6.42 Å². The van der Waals surface area contributed by atoms with Crippen LogP contribution in [0.2, 0.25) is 0 Å². The number of carbonyl (C=O) groups excluding carboxylic acids is 1. The number of aromatic hydroxyl groups is 1. The molecule has 1 atom stereocenters. The quantitative estimate of drug-likeness (QED) is 0.892. The highest BCUT2D eigenvalue weighted by atomic mass is 16.3. The second-order valence-corrected chi connectivity index (χ2v) is 6.99. The lowest BCUT2D eigenvalue weighted by atomic mass is 10.1. The average Bonchev–Trinajstić information content (AvgIpc) is 3.01. The van der Waals surface area contributed by atoms with E-state index in [1.54, 1.807) is 12.1 Å². The minimum Gasteiger partial charge on any atom is -0.508 e. The number of urea groups is 1. The van der Waals surface area contributed by atoms with E-state index in [2.05, 4.69) is 10.2 Å². The Bertz CT molecular complexity index is 526. The molecule has 2 aliphatic rings. The Hall–Kier alpha value is -1.75. The van der Waals surface area contributed by atoms with Crippen LogP contribution < -0.4 is 5.32 Å². The van der Waals surface area contributed by atoms with Gasteiger partial charge in [-0.25, -0.2) is 4.79 Å². The third-order valence-electron chi connectivity index (χ3n) is 5.22. The molecule has 2 amide bonds. The van der Waals surface area contributed by atoms with Gasteiger partial charge in [-0.15, -0.1) is 0 Å². The number of amides is 2. The van der Waals surface area contributed by atoms with Crippen LogP contribution in [0.5, 0.6) is 5.75 Å². The summed E-state index contributed by atoms with van der Waals surface area (Å²) in [6, 6.07) is 7.78. The maximum absolute atomic E-state index is 12.5. The van der Waals surface area contributed by atoms with Crippen molar-refractivity contribution >= 4 is 6.03 Å². The molecule has 0 spiro atoms. The maximum atomic E-state index is 12.5. The number of phenols is 1. The Morgan fingerprint density at radius 2 is 1.79 bits per heavy atom. The van der Waals surface area contributed by atoms with Crippen molar-refractivity contribution in [3.05, 3.63) is 29.8 Å². The van der Waals surface area contributed by atoms with Crippen molar-refractivity contribution in [3.63, 3.8) is 0 Å². The van der Waals surface area contributed by atoms with Crippen LogP contribution in [0.1, 0.15) is 37.7 Å². The minimum atomic E-state index is 0.0693. The van der Waals surface area contributed by atoms with Crippen LogP contribution in [0.25, 0.3) is 0 Å². The van der Waals surface area contributed by atoms with Gasteiger partial charge in [-0.1, -0.05) is 18.6 Å². The van der Waals surface area contributed by atoms with Gasteiger partial charge in [0.15, 0.2) is 0 Å². The van der Waals surface area contributed by atoms with Crippen molar-refractivity contribution in [1.82, 2.24) is 15.1 Å². The van der Waals surface area contributed by atoms with Gasteiger partial charge in [0, 0.05) is 25.7 Å². The van der Waals surface area contributed by atoms with Gasteiger partial charge in [0.1, 0.15) is 5.75 Å². The summed E-state index contributed by atoms with van der Waals surface area (Å²) in [5.74, 6) is 0.278. The van der Waals surface area contributed by atoms with Gasteiger partial charge in [-0.3, -0.25) is 4.90 Å². The van der Waals surface area contributed by atoms with E-state index in [9.17, 15) is 9.90 Å². The molecule has 132 valence electrons. The number of benzene rings is 1. The Balaban J connectivity index is 1.46. The molecule has 2 heterocycles. The molecule has 24 heavy (non-hydrogen) atoms. The molecule has 1 aromatic carbocycles. The van der Waals surface area contributed by atoms with Gasteiger partial charge >= 0.3 is 6.03 Å². The maximum Gasteiger partial charge on any atom is 0.317 e. The molecule has 5 heteroatoms. The highest BCUT2D eigenvalue weighted by Gasteiger charge is 2.27. The summed E-state index contributed by atoms with van der Waals surface area (Å²) in [6.45, 7) is 4.76. The standard InChI is InChI=1S/C19H29N3O2/c23-18-8-6-16(7-9-18)10-11-20-19(24)22-14-2-1-5-17(15-22)21-12-3-4-13-21/h6-9,17,23H,1-5,10-15H2,(H,20,24)/t17-/m1/s1. The molecule has 0 unspecified atom stereocenters. The van der Waals surface area contributed by atoms with Crippen molar-refractivity contribution in [2.24, 2.45) is 0 Å². The lowest BCUT2D eigenvalue weighted by Crippen LogP contribution is -2.47. The lowest BCUT2D eigenvalue weighted by molar-refractivity contribution is 0.166. The van der Waals surface area contributed by atoms with Gasteiger partial charge in [0.2, 0.25) is 0 Å². The van der Waals surface area contributed by atoms with E-state index >= 15 is 0 Å². The first-order valence-electron chi connectivity index (χ1n) is 9.27. The van der Waals surface area contributed by atoms with Crippen molar-refractivity contribution < 1.29 is 9.90 Å². The third-order valence-corrected chi connectivity index (χ3v) is 5.22. The number of likely N-dealkylation sites (tertiary alicyclic amines) is 2. The number of phenolic OH excluding ortho intramolecular Hbond substituents is 1. The number of hydrogen-bond acceptors (Lipinski definition) is 3. The molecule has 5 nitrogen and oxygen atoms in total. The summed E-state index contributed by atoms with van der Waals surface area (Å²) in [5, 5.41) is 12.4. The van der Waals surface area contributed by atoms with Crippen LogP contribution in [0, 0.1) is 0 Å². The summed E-state index contributed by atoms with van der Waals surface area (Å²) < 4.78 is 0. The minimum absolute atomic E-state index is 0.0693. The first kappa shape index (κ1) is 17.1. The van der Waals surface area contributed by atoms with Gasteiger partial charge in [-0.2, -0.15) is 0 Å². The Kier molecular flexibility index (Phi) is 5.96.